The highest BCUT2D eigenvalue weighted by atomic mass is 79.9. The van der Waals surface area contributed by atoms with Gasteiger partial charge in [-0.2, -0.15) is 0 Å². The van der Waals surface area contributed by atoms with Crippen molar-refractivity contribution < 1.29 is 9.53 Å². The number of carbonyl (C=O) groups excluding carboxylic acids is 1. The van der Waals surface area contributed by atoms with Crippen molar-refractivity contribution in [3.8, 4) is 0 Å². The Morgan fingerprint density at radius 2 is 2.33 bits per heavy atom. The van der Waals surface area contributed by atoms with Crippen LogP contribution in [0, 0.1) is 0 Å². The van der Waals surface area contributed by atoms with Crippen LogP contribution < -0.4 is 5.32 Å². The van der Waals surface area contributed by atoms with E-state index in [0.717, 1.165) is 11.0 Å². The summed E-state index contributed by atoms with van der Waals surface area (Å²) in [5.41, 5.74) is 0. The Morgan fingerprint density at radius 3 is 2.94 bits per heavy atom. The number of amides is 1. The van der Waals surface area contributed by atoms with Crippen molar-refractivity contribution in [2.75, 3.05) is 26.3 Å². The summed E-state index contributed by atoms with van der Waals surface area (Å²) >= 11 is 5.11. The Morgan fingerprint density at radius 1 is 1.61 bits per heavy atom. The summed E-state index contributed by atoms with van der Waals surface area (Å²) in [5, 5.41) is 5.31. The second-order valence-corrected chi connectivity index (χ2v) is 6.18. The van der Waals surface area contributed by atoms with Gasteiger partial charge >= 0.3 is 0 Å². The van der Waals surface area contributed by atoms with E-state index < -0.39 is 0 Å². The van der Waals surface area contributed by atoms with Crippen molar-refractivity contribution in [3.63, 3.8) is 0 Å². The molecule has 0 bridgehead atoms. The summed E-state index contributed by atoms with van der Waals surface area (Å²) < 4.78 is 6.34. The smallest absolute Gasteiger partial charge is 0.239 e. The molecular formula is C12H17BrN2O2S. The van der Waals surface area contributed by atoms with E-state index >= 15 is 0 Å². The van der Waals surface area contributed by atoms with Gasteiger partial charge < -0.3 is 15.0 Å². The quantitative estimate of drug-likeness (QED) is 0.914. The van der Waals surface area contributed by atoms with Crippen molar-refractivity contribution in [2.45, 2.75) is 19.5 Å². The van der Waals surface area contributed by atoms with Gasteiger partial charge in [0.05, 0.1) is 19.3 Å². The largest absolute Gasteiger partial charge is 0.378 e. The Labute approximate surface area is 119 Å². The predicted octanol–water partition coefficient (Wildman–Crippen LogP) is 1.85. The van der Waals surface area contributed by atoms with E-state index in [1.165, 1.54) is 4.88 Å². The van der Waals surface area contributed by atoms with E-state index in [-0.39, 0.29) is 11.9 Å². The lowest BCUT2D eigenvalue weighted by Gasteiger charge is -2.29. The molecule has 2 rings (SSSR count). The van der Waals surface area contributed by atoms with E-state index in [1.807, 2.05) is 17.2 Å². The number of thiophene rings is 1. The summed E-state index contributed by atoms with van der Waals surface area (Å²) in [5.74, 6) is 0.161. The number of nitrogens with zero attached hydrogens (tertiary/aromatic N) is 1. The van der Waals surface area contributed by atoms with Crippen molar-refractivity contribution in [1.82, 2.24) is 10.2 Å². The monoisotopic (exact) mass is 332 g/mol. The average Bonchev–Trinajstić information content (AvgIpc) is 2.82. The van der Waals surface area contributed by atoms with Crippen LogP contribution in [-0.2, 0) is 16.1 Å². The third-order valence-electron chi connectivity index (χ3n) is 2.90. The normalized spacial score (nSPS) is 17.8. The summed E-state index contributed by atoms with van der Waals surface area (Å²) in [6, 6.07) is 1.92. The fraction of sp³-hybridized carbons (Fsp3) is 0.583. The van der Waals surface area contributed by atoms with Crippen LogP contribution in [0.1, 0.15) is 11.8 Å². The van der Waals surface area contributed by atoms with Crippen LogP contribution in [0.15, 0.2) is 15.9 Å². The Kier molecular flexibility index (Phi) is 5.17. The molecule has 1 N–H and O–H groups in total. The van der Waals surface area contributed by atoms with Crippen LogP contribution in [0.2, 0.25) is 0 Å². The Bertz CT molecular complexity index is 405. The lowest BCUT2D eigenvalue weighted by Crippen LogP contribution is -2.48. The summed E-state index contributed by atoms with van der Waals surface area (Å²) in [6.45, 7) is 5.35. The van der Waals surface area contributed by atoms with Gasteiger partial charge in [-0.15, -0.1) is 11.3 Å². The summed E-state index contributed by atoms with van der Waals surface area (Å²) in [4.78, 5) is 15.2. The van der Waals surface area contributed by atoms with E-state index in [1.54, 1.807) is 11.3 Å². The Balaban J connectivity index is 1.79. The maximum absolute atomic E-state index is 12.1. The first-order valence-electron chi connectivity index (χ1n) is 5.99. The van der Waals surface area contributed by atoms with Crippen LogP contribution in [0.4, 0.5) is 0 Å². The topological polar surface area (TPSA) is 41.6 Å². The molecule has 100 valence electrons. The van der Waals surface area contributed by atoms with Gasteiger partial charge in [-0.3, -0.25) is 4.79 Å². The average molecular weight is 333 g/mol. The first kappa shape index (κ1) is 14.0. The maximum Gasteiger partial charge on any atom is 0.239 e. The molecule has 4 nitrogen and oxygen atoms in total. The van der Waals surface area contributed by atoms with E-state index in [4.69, 9.17) is 4.74 Å². The number of nitrogens with one attached hydrogen (secondary N) is 1. The van der Waals surface area contributed by atoms with Crippen LogP contribution >= 0.6 is 27.3 Å². The van der Waals surface area contributed by atoms with Crippen LogP contribution in [-0.4, -0.2) is 43.2 Å². The number of halogens is 1. The van der Waals surface area contributed by atoms with Gasteiger partial charge in [-0.25, -0.2) is 0 Å². The molecule has 18 heavy (non-hydrogen) atoms. The standard InChI is InChI=1S/C12H17BrN2O2S/c1-9(12(16)15-2-4-17-5-3-15)14-7-11-6-10(13)8-18-11/h6,8-9,14H,2-5,7H2,1H3. The van der Waals surface area contributed by atoms with Crippen LogP contribution in [0.3, 0.4) is 0 Å². The molecule has 1 aliphatic heterocycles. The molecule has 1 aromatic heterocycles. The third-order valence-corrected chi connectivity index (χ3v) is 4.60. The molecule has 1 aliphatic rings. The summed E-state index contributed by atoms with van der Waals surface area (Å²) in [7, 11) is 0. The van der Waals surface area contributed by atoms with E-state index in [9.17, 15) is 4.79 Å². The summed E-state index contributed by atoms with van der Waals surface area (Å²) in [6.07, 6.45) is 0. The van der Waals surface area contributed by atoms with E-state index in [0.29, 0.717) is 26.3 Å². The van der Waals surface area contributed by atoms with Crippen molar-refractivity contribution >= 4 is 33.2 Å². The zero-order valence-corrected chi connectivity index (χ0v) is 12.7. The molecule has 1 unspecified atom stereocenters. The minimum Gasteiger partial charge on any atom is -0.378 e. The molecule has 1 aromatic rings. The molecule has 1 atom stereocenters. The highest BCUT2D eigenvalue weighted by molar-refractivity contribution is 9.10. The second kappa shape index (κ2) is 6.65. The minimum atomic E-state index is -0.149. The molecule has 1 fully saturated rings. The highest BCUT2D eigenvalue weighted by Crippen LogP contribution is 2.19. The molecule has 2 heterocycles. The lowest BCUT2D eigenvalue weighted by molar-refractivity contribution is -0.137. The zero-order chi connectivity index (χ0) is 13.0. The SMILES string of the molecule is CC(NCc1cc(Br)cs1)C(=O)N1CCOCC1. The first-order valence-corrected chi connectivity index (χ1v) is 7.67. The molecule has 6 heteroatoms. The molecule has 0 radical (unpaired) electrons. The molecule has 1 amide bonds. The molecular weight excluding hydrogens is 316 g/mol. The maximum atomic E-state index is 12.1. The fourth-order valence-corrected chi connectivity index (χ4v) is 3.25. The van der Waals surface area contributed by atoms with Crippen LogP contribution in [0.5, 0.6) is 0 Å². The Hall–Kier alpha value is -0.430. The molecule has 1 saturated heterocycles. The number of hydrogen-bond acceptors (Lipinski definition) is 4. The lowest BCUT2D eigenvalue weighted by atomic mass is 10.2. The first-order chi connectivity index (χ1) is 8.66. The number of rotatable bonds is 4. The number of hydrogen-bond donors (Lipinski definition) is 1. The van der Waals surface area contributed by atoms with Crippen LogP contribution in [0.25, 0.3) is 0 Å². The van der Waals surface area contributed by atoms with E-state index in [2.05, 4.69) is 27.3 Å². The predicted molar refractivity (Wildman–Crippen MR) is 75.7 cm³/mol. The molecule has 0 saturated carbocycles. The molecule has 0 aromatic carbocycles. The van der Waals surface area contributed by atoms with Gasteiger partial charge in [0.25, 0.3) is 0 Å². The number of morpholine rings is 1. The third kappa shape index (κ3) is 3.78. The van der Waals surface area contributed by atoms with Gasteiger partial charge in [-0.1, -0.05) is 0 Å². The molecule has 0 spiro atoms. The zero-order valence-electron chi connectivity index (χ0n) is 10.3. The van der Waals surface area contributed by atoms with Gasteiger partial charge in [0.15, 0.2) is 0 Å². The van der Waals surface area contributed by atoms with Gasteiger partial charge in [0.2, 0.25) is 5.91 Å². The van der Waals surface area contributed by atoms with Gasteiger partial charge in [0.1, 0.15) is 0 Å². The number of carbonyl (C=O) groups is 1. The van der Waals surface area contributed by atoms with Gasteiger partial charge in [0, 0.05) is 34.4 Å². The van der Waals surface area contributed by atoms with Crippen molar-refractivity contribution in [3.05, 3.63) is 20.8 Å². The number of ether oxygens (including phenoxy) is 1. The molecule has 0 aliphatic carbocycles. The van der Waals surface area contributed by atoms with Crippen molar-refractivity contribution in [1.29, 1.82) is 0 Å². The minimum absolute atomic E-state index is 0.149. The second-order valence-electron chi connectivity index (χ2n) is 4.27. The highest BCUT2D eigenvalue weighted by Gasteiger charge is 2.21. The van der Waals surface area contributed by atoms with Crippen molar-refractivity contribution in [2.24, 2.45) is 0 Å². The van der Waals surface area contributed by atoms with Gasteiger partial charge in [-0.05, 0) is 28.9 Å². The fourth-order valence-electron chi connectivity index (χ4n) is 1.85.